The van der Waals surface area contributed by atoms with Crippen molar-refractivity contribution in [2.24, 2.45) is 22.3 Å². The Hall–Kier alpha value is 0.270. The summed E-state index contributed by atoms with van der Waals surface area (Å²) >= 11 is 1.87. The van der Waals surface area contributed by atoms with Crippen LogP contribution in [-0.4, -0.2) is 23.6 Å². The first-order valence-corrected chi connectivity index (χ1v) is 6.79. The van der Waals surface area contributed by atoms with Gasteiger partial charge in [0, 0.05) is 23.6 Å². The summed E-state index contributed by atoms with van der Waals surface area (Å²) in [5, 5.41) is 0. The molecule has 0 saturated heterocycles. The molecular formula is C12H28N2S. The van der Waals surface area contributed by atoms with Crippen molar-refractivity contribution in [1.29, 1.82) is 0 Å². The van der Waals surface area contributed by atoms with E-state index in [-0.39, 0.29) is 22.9 Å². The number of nitrogens with two attached hydrogens (primary N) is 2. The summed E-state index contributed by atoms with van der Waals surface area (Å²) in [6.45, 7) is 13.1. The fourth-order valence-corrected chi connectivity index (χ4v) is 2.47. The Bertz CT molecular complexity index is 159. The second-order valence-corrected chi connectivity index (χ2v) is 7.56. The van der Waals surface area contributed by atoms with Gasteiger partial charge in [0.2, 0.25) is 0 Å². The lowest BCUT2D eigenvalue weighted by Gasteiger charge is -2.29. The minimum Gasteiger partial charge on any atom is -0.326 e. The molecule has 0 aromatic carbocycles. The minimum atomic E-state index is 0.193. The van der Waals surface area contributed by atoms with Crippen LogP contribution < -0.4 is 11.5 Å². The van der Waals surface area contributed by atoms with Crippen molar-refractivity contribution in [2.75, 3.05) is 11.5 Å². The van der Waals surface area contributed by atoms with Gasteiger partial charge >= 0.3 is 0 Å². The van der Waals surface area contributed by atoms with Gasteiger partial charge in [0.05, 0.1) is 0 Å². The lowest BCUT2D eigenvalue weighted by molar-refractivity contribution is 0.339. The van der Waals surface area contributed by atoms with Gasteiger partial charge in [-0.3, -0.25) is 0 Å². The van der Waals surface area contributed by atoms with Gasteiger partial charge in [-0.25, -0.2) is 0 Å². The van der Waals surface area contributed by atoms with E-state index in [1.807, 2.05) is 11.8 Å². The molecule has 0 aliphatic rings. The molecule has 0 spiro atoms. The average Bonchev–Trinajstić information content (AvgIpc) is 2.00. The molecule has 0 unspecified atom stereocenters. The first-order valence-electron chi connectivity index (χ1n) is 5.64. The van der Waals surface area contributed by atoms with Crippen molar-refractivity contribution in [1.82, 2.24) is 0 Å². The molecular weight excluding hydrogens is 204 g/mol. The molecule has 92 valence electrons. The van der Waals surface area contributed by atoms with Gasteiger partial charge in [0.15, 0.2) is 0 Å². The number of hydrogen-bond donors (Lipinski definition) is 2. The first kappa shape index (κ1) is 15.3. The van der Waals surface area contributed by atoms with Crippen LogP contribution in [0.5, 0.6) is 0 Å². The maximum absolute atomic E-state index is 6.08. The molecule has 0 heterocycles. The normalized spacial score (nSPS) is 17.6. The smallest absolute Gasteiger partial charge is 0.0179 e. The number of hydrogen-bond acceptors (Lipinski definition) is 3. The van der Waals surface area contributed by atoms with Crippen LogP contribution >= 0.6 is 11.8 Å². The van der Waals surface area contributed by atoms with E-state index in [0.29, 0.717) is 0 Å². The first-order chi connectivity index (χ1) is 6.55. The molecule has 15 heavy (non-hydrogen) atoms. The monoisotopic (exact) mass is 232 g/mol. The molecule has 0 aliphatic carbocycles. The van der Waals surface area contributed by atoms with Gasteiger partial charge in [0.25, 0.3) is 0 Å². The van der Waals surface area contributed by atoms with Crippen molar-refractivity contribution in [3.8, 4) is 0 Å². The van der Waals surface area contributed by atoms with Crippen LogP contribution in [-0.2, 0) is 0 Å². The Morgan fingerprint density at radius 1 is 0.800 bits per heavy atom. The van der Waals surface area contributed by atoms with E-state index >= 15 is 0 Å². The van der Waals surface area contributed by atoms with E-state index < -0.39 is 0 Å². The molecule has 2 nitrogen and oxygen atoms in total. The molecule has 0 aliphatic heterocycles. The molecule has 0 aromatic rings. The summed E-state index contributed by atoms with van der Waals surface area (Å²) in [6, 6.07) is 0.490. The molecule has 0 saturated carbocycles. The topological polar surface area (TPSA) is 52.0 Å². The third-order valence-corrected chi connectivity index (χ3v) is 4.01. The zero-order valence-electron chi connectivity index (χ0n) is 11.1. The summed E-state index contributed by atoms with van der Waals surface area (Å²) in [6.07, 6.45) is 0. The fourth-order valence-electron chi connectivity index (χ4n) is 0.822. The maximum Gasteiger partial charge on any atom is 0.0179 e. The zero-order valence-corrected chi connectivity index (χ0v) is 11.9. The Labute approximate surface area is 99.6 Å². The largest absolute Gasteiger partial charge is 0.326 e. The average molecular weight is 232 g/mol. The van der Waals surface area contributed by atoms with Crippen LogP contribution in [0.1, 0.15) is 41.5 Å². The second-order valence-electron chi connectivity index (χ2n) is 6.48. The van der Waals surface area contributed by atoms with Gasteiger partial charge < -0.3 is 11.5 Å². The van der Waals surface area contributed by atoms with E-state index in [9.17, 15) is 0 Å². The van der Waals surface area contributed by atoms with Gasteiger partial charge in [0.1, 0.15) is 0 Å². The van der Waals surface area contributed by atoms with Crippen molar-refractivity contribution < 1.29 is 0 Å². The van der Waals surface area contributed by atoms with E-state index in [1.54, 1.807) is 0 Å². The third-order valence-electron chi connectivity index (χ3n) is 2.82. The molecule has 0 radical (unpaired) electrons. The third kappa shape index (κ3) is 6.44. The van der Waals surface area contributed by atoms with E-state index in [1.165, 1.54) is 0 Å². The lowest BCUT2D eigenvalue weighted by Crippen LogP contribution is -2.40. The predicted octanol–water partition coefficient (Wildman–Crippen LogP) is 2.47. The highest BCUT2D eigenvalue weighted by Gasteiger charge is 2.23. The van der Waals surface area contributed by atoms with E-state index in [4.69, 9.17) is 11.5 Å². The zero-order chi connectivity index (χ0) is 12.3. The SMILES string of the molecule is CC(C)(C)[C@H](N)CSC[C@@H](N)C(C)(C)C. The quantitative estimate of drug-likeness (QED) is 0.783. The fraction of sp³-hybridized carbons (Fsp3) is 1.00. The van der Waals surface area contributed by atoms with Crippen LogP contribution in [0.3, 0.4) is 0 Å². The van der Waals surface area contributed by atoms with Crippen LogP contribution in [0.15, 0.2) is 0 Å². The van der Waals surface area contributed by atoms with Gasteiger partial charge in [-0.2, -0.15) is 11.8 Å². The Morgan fingerprint density at radius 2 is 1.07 bits per heavy atom. The van der Waals surface area contributed by atoms with Crippen LogP contribution in [0.4, 0.5) is 0 Å². The van der Waals surface area contributed by atoms with Crippen molar-refractivity contribution >= 4 is 11.8 Å². The minimum absolute atomic E-state index is 0.193. The Balaban J connectivity index is 3.81. The highest BCUT2D eigenvalue weighted by Crippen LogP contribution is 2.24. The molecule has 4 N–H and O–H groups in total. The van der Waals surface area contributed by atoms with E-state index in [2.05, 4.69) is 41.5 Å². The number of rotatable bonds is 4. The van der Waals surface area contributed by atoms with Crippen LogP contribution in [0.2, 0.25) is 0 Å². The molecule has 0 aromatic heterocycles. The van der Waals surface area contributed by atoms with Gasteiger partial charge in [-0.1, -0.05) is 41.5 Å². The molecule has 0 rings (SSSR count). The van der Waals surface area contributed by atoms with E-state index in [0.717, 1.165) is 11.5 Å². The van der Waals surface area contributed by atoms with Crippen molar-refractivity contribution in [2.45, 2.75) is 53.6 Å². The van der Waals surface area contributed by atoms with Crippen LogP contribution in [0.25, 0.3) is 0 Å². The molecule has 0 bridgehead atoms. The van der Waals surface area contributed by atoms with Crippen molar-refractivity contribution in [3.63, 3.8) is 0 Å². The summed E-state index contributed by atoms with van der Waals surface area (Å²) in [5.74, 6) is 1.99. The molecule has 0 amide bonds. The maximum atomic E-state index is 6.08. The standard InChI is InChI=1S/C12H28N2S/c1-11(2,3)9(13)7-15-8-10(14)12(4,5)6/h9-10H,7-8,13-14H2,1-6H3/t9-,10-/m1/s1. The summed E-state index contributed by atoms with van der Waals surface area (Å²) in [7, 11) is 0. The van der Waals surface area contributed by atoms with Gasteiger partial charge in [-0.15, -0.1) is 0 Å². The predicted molar refractivity (Wildman–Crippen MR) is 72.2 cm³/mol. The van der Waals surface area contributed by atoms with Crippen molar-refractivity contribution in [3.05, 3.63) is 0 Å². The highest BCUT2D eigenvalue weighted by atomic mass is 32.2. The second kappa shape index (κ2) is 5.55. The summed E-state index contributed by atoms with van der Waals surface area (Å²) in [4.78, 5) is 0. The summed E-state index contributed by atoms with van der Waals surface area (Å²) < 4.78 is 0. The lowest BCUT2D eigenvalue weighted by atomic mass is 9.89. The molecule has 3 heteroatoms. The number of thioether (sulfide) groups is 1. The summed E-state index contributed by atoms with van der Waals surface area (Å²) in [5.41, 5.74) is 12.6. The molecule has 2 atom stereocenters. The Morgan fingerprint density at radius 3 is 1.27 bits per heavy atom. The highest BCUT2D eigenvalue weighted by molar-refractivity contribution is 7.99. The van der Waals surface area contributed by atoms with Crippen LogP contribution in [0, 0.1) is 10.8 Å². The van der Waals surface area contributed by atoms with Gasteiger partial charge in [-0.05, 0) is 10.8 Å². The molecule has 0 fully saturated rings. The Kier molecular flexibility index (Phi) is 5.65.